The maximum Gasteiger partial charge on any atom is 0.257 e. The number of nitrogens with one attached hydrogen (secondary N) is 1. The largest absolute Gasteiger partial charge is 0.493 e. The molecule has 0 heterocycles. The van der Waals surface area contributed by atoms with Crippen molar-refractivity contribution in [1.29, 1.82) is 0 Å². The lowest BCUT2D eigenvalue weighted by Gasteiger charge is -2.24. The van der Waals surface area contributed by atoms with Crippen LogP contribution in [0.5, 0.6) is 11.5 Å². The molecule has 2 rings (SSSR count). The van der Waals surface area contributed by atoms with Crippen molar-refractivity contribution < 1.29 is 22.7 Å². The number of hydrogen-bond donors (Lipinski definition) is 1. The van der Waals surface area contributed by atoms with E-state index >= 15 is 0 Å². The van der Waals surface area contributed by atoms with Crippen LogP contribution in [0.4, 0.5) is 11.4 Å². The van der Waals surface area contributed by atoms with Crippen molar-refractivity contribution in [2.24, 2.45) is 0 Å². The topological polar surface area (TPSA) is 84.9 Å². The minimum Gasteiger partial charge on any atom is -0.493 e. The second kappa shape index (κ2) is 8.70. The number of aryl methyl sites for hydroxylation is 1. The molecule has 0 spiro atoms. The van der Waals surface area contributed by atoms with Crippen LogP contribution in [0.3, 0.4) is 0 Å². The monoisotopic (exact) mass is 426 g/mol. The summed E-state index contributed by atoms with van der Waals surface area (Å²) < 4.78 is 36.2. The van der Waals surface area contributed by atoms with E-state index in [1.165, 1.54) is 26.4 Å². The highest BCUT2D eigenvalue weighted by Gasteiger charge is 2.25. The van der Waals surface area contributed by atoms with Gasteiger partial charge in [-0.1, -0.05) is 11.6 Å². The quantitative estimate of drug-likeness (QED) is 0.729. The van der Waals surface area contributed by atoms with Gasteiger partial charge in [-0.15, -0.1) is 0 Å². The third-order valence-electron chi connectivity index (χ3n) is 4.14. The average molecular weight is 427 g/mol. The van der Waals surface area contributed by atoms with Crippen molar-refractivity contribution in [3.05, 3.63) is 46.5 Å². The van der Waals surface area contributed by atoms with Gasteiger partial charge in [0.1, 0.15) is 0 Å². The molecule has 7 nitrogen and oxygen atoms in total. The molecule has 0 aromatic heterocycles. The standard InChI is InChI=1S/C19H23ClN2O5S/c1-6-22(28(5,24)25)16-11-18(27-4)17(26-3)10-14(16)19(23)21-15-8-7-13(20)9-12(15)2/h7-11H,6H2,1-5H3,(H,21,23). The van der Waals surface area contributed by atoms with Crippen molar-refractivity contribution in [2.45, 2.75) is 13.8 Å². The number of ether oxygens (including phenoxy) is 2. The summed E-state index contributed by atoms with van der Waals surface area (Å²) in [6.07, 6.45) is 1.08. The smallest absolute Gasteiger partial charge is 0.257 e. The van der Waals surface area contributed by atoms with Gasteiger partial charge in [-0.05, 0) is 43.7 Å². The summed E-state index contributed by atoms with van der Waals surface area (Å²) in [5.74, 6) is 0.149. The molecular weight excluding hydrogens is 404 g/mol. The van der Waals surface area contributed by atoms with Crippen molar-refractivity contribution in [1.82, 2.24) is 0 Å². The normalized spacial score (nSPS) is 11.1. The summed E-state index contributed by atoms with van der Waals surface area (Å²) in [6, 6.07) is 8.01. The maximum atomic E-state index is 13.0. The zero-order chi connectivity index (χ0) is 21.1. The highest BCUT2D eigenvalue weighted by molar-refractivity contribution is 7.92. The van der Waals surface area contributed by atoms with Crippen molar-refractivity contribution >= 4 is 38.9 Å². The van der Waals surface area contributed by atoms with E-state index in [0.29, 0.717) is 22.2 Å². The minimum absolute atomic E-state index is 0.138. The van der Waals surface area contributed by atoms with E-state index < -0.39 is 15.9 Å². The number of rotatable bonds is 7. The third-order valence-corrected chi connectivity index (χ3v) is 5.63. The number of hydrogen-bond acceptors (Lipinski definition) is 5. The first-order valence-electron chi connectivity index (χ1n) is 8.43. The fraction of sp³-hybridized carbons (Fsp3) is 0.316. The first kappa shape index (κ1) is 21.8. The Morgan fingerprint density at radius 2 is 1.75 bits per heavy atom. The Morgan fingerprint density at radius 1 is 1.14 bits per heavy atom. The van der Waals surface area contributed by atoms with Gasteiger partial charge in [0, 0.05) is 23.3 Å². The Labute approximate surface area is 170 Å². The van der Waals surface area contributed by atoms with Gasteiger partial charge in [0.05, 0.1) is 31.7 Å². The number of halogens is 1. The van der Waals surface area contributed by atoms with Gasteiger partial charge in [0.2, 0.25) is 10.0 Å². The molecule has 2 aromatic carbocycles. The molecule has 0 unspecified atom stereocenters. The number of amides is 1. The highest BCUT2D eigenvalue weighted by Crippen LogP contribution is 2.36. The molecule has 152 valence electrons. The molecule has 0 aliphatic carbocycles. The van der Waals surface area contributed by atoms with Crippen molar-refractivity contribution in [3.8, 4) is 11.5 Å². The molecule has 0 aliphatic rings. The van der Waals surface area contributed by atoms with Crippen LogP contribution in [-0.2, 0) is 10.0 Å². The second-order valence-electron chi connectivity index (χ2n) is 6.07. The van der Waals surface area contributed by atoms with E-state index in [2.05, 4.69) is 5.32 Å². The van der Waals surface area contributed by atoms with Crippen molar-refractivity contribution in [3.63, 3.8) is 0 Å². The fourth-order valence-electron chi connectivity index (χ4n) is 2.80. The Kier molecular flexibility index (Phi) is 6.79. The molecule has 2 aromatic rings. The molecule has 0 saturated heterocycles. The number of methoxy groups -OCH3 is 2. The Morgan fingerprint density at radius 3 is 2.25 bits per heavy atom. The van der Waals surface area contributed by atoms with E-state index in [1.54, 1.807) is 25.1 Å². The van der Waals surface area contributed by atoms with Crippen LogP contribution in [0, 0.1) is 6.92 Å². The predicted octanol–water partition coefficient (Wildman–Crippen LogP) is 3.70. The molecule has 1 N–H and O–H groups in total. The van der Waals surface area contributed by atoms with Gasteiger partial charge in [0.15, 0.2) is 11.5 Å². The Bertz CT molecular complexity index is 992. The number of sulfonamides is 1. The van der Waals surface area contributed by atoms with E-state index in [4.69, 9.17) is 21.1 Å². The number of benzene rings is 2. The van der Waals surface area contributed by atoms with Crippen LogP contribution in [0.1, 0.15) is 22.8 Å². The predicted molar refractivity (Wildman–Crippen MR) is 112 cm³/mol. The molecule has 0 saturated carbocycles. The minimum atomic E-state index is -3.62. The lowest BCUT2D eigenvalue weighted by Crippen LogP contribution is -2.31. The van der Waals surface area contributed by atoms with E-state index in [0.717, 1.165) is 16.1 Å². The average Bonchev–Trinajstić information content (AvgIpc) is 2.62. The van der Waals surface area contributed by atoms with Crippen LogP contribution in [0.2, 0.25) is 5.02 Å². The van der Waals surface area contributed by atoms with Crippen molar-refractivity contribution in [2.75, 3.05) is 36.6 Å². The van der Waals surface area contributed by atoms with Crippen LogP contribution in [0.25, 0.3) is 0 Å². The SMILES string of the molecule is CCN(c1cc(OC)c(OC)cc1C(=O)Nc1ccc(Cl)cc1C)S(C)(=O)=O. The lowest BCUT2D eigenvalue weighted by atomic mass is 10.1. The van der Waals surface area contributed by atoms with E-state index in [1.807, 2.05) is 6.92 Å². The zero-order valence-electron chi connectivity index (χ0n) is 16.4. The lowest BCUT2D eigenvalue weighted by molar-refractivity contribution is 0.102. The molecule has 0 aliphatic heterocycles. The number of anilines is 2. The number of carbonyl (C=O) groups is 1. The van der Waals surface area contributed by atoms with Gasteiger partial charge in [-0.2, -0.15) is 0 Å². The zero-order valence-corrected chi connectivity index (χ0v) is 17.9. The molecule has 0 atom stereocenters. The molecule has 28 heavy (non-hydrogen) atoms. The molecule has 9 heteroatoms. The van der Waals surface area contributed by atoms with E-state index in [9.17, 15) is 13.2 Å². The van der Waals surface area contributed by atoms with Crippen LogP contribution < -0.4 is 19.1 Å². The molecule has 1 amide bonds. The van der Waals surface area contributed by atoms with Gasteiger partial charge < -0.3 is 14.8 Å². The van der Waals surface area contributed by atoms with Gasteiger partial charge >= 0.3 is 0 Å². The summed E-state index contributed by atoms with van der Waals surface area (Å²) in [6.45, 7) is 3.64. The second-order valence-corrected chi connectivity index (χ2v) is 8.41. The van der Waals surface area contributed by atoms with Crippen LogP contribution >= 0.6 is 11.6 Å². The summed E-state index contributed by atoms with van der Waals surface area (Å²) in [7, 11) is -0.735. The fourth-order valence-corrected chi connectivity index (χ4v) is 4.00. The summed E-state index contributed by atoms with van der Waals surface area (Å²) in [4.78, 5) is 13.0. The van der Waals surface area contributed by atoms with Crippen LogP contribution in [0.15, 0.2) is 30.3 Å². The summed E-state index contributed by atoms with van der Waals surface area (Å²) >= 11 is 5.96. The summed E-state index contributed by atoms with van der Waals surface area (Å²) in [5.41, 5.74) is 1.68. The van der Waals surface area contributed by atoms with Gasteiger partial charge in [0.25, 0.3) is 5.91 Å². The molecule has 0 radical (unpaired) electrons. The Balaban J connectivity index is 2.61. The summed E-state index contributed by atoms with van der Waals surface area (Å²) in [5, 5.41) is 3.35. The highest BCUT2D eigenvalue weighted by atomic mass is 35.5. The molecule has 0 bridgehead atoms. The first-order valence-corrected chi connectivity index (χ1v) is 10.7. The molecular formula is C19H23ClN2O5S. The van der Waals surface area contributed by atoms with E-state index in [-0.39, 0.29) is 17.8 Å². The first-order chi connectivity index (χ1) is 13.1. The van der Waals surface area contributed by atoms with Gasteiger partial charge in [-0.25, -0.2) is 8.42 Å². The number of nitrogens with zero attached hydrogens (tertiary/aromatic N) is 1. The Hall–Kier alpha value is -2.45. The maximum absolute atomic E-state index is 13.0. The third kappa shape index (κ3) is 4.69. The van der Waals surface area contributed by atoms with Crippen LogP contribution in [-0.4, -0.2) is 41.3 Å². The number of carbonyl (C=O) groups excluding carboxylic acids is 1. The van der Waals surface area contributed by atoms with Gasteiger partial charge in [-0.3, -0.25) is 9.10 Å². The molecule has 0 fully saturated rings.